The molecule has 0 amide bonds. The van der Waals surface area contributed by atoms with Crippen LogP contribution in [0.3, 0.4) is 0 Å². The molecule has 0 aliphatic carbocycles. The summed E-state index contributed by atoms with van der Waals surface area (Å²) in [6.45, 7) is 2.01. The monoisotopic (exact) mass is 409 g/mol. The Balaban J connectivity index is 1.44. The van der Waals surface area contributed by atoms with E-state index >= 15 is 0 Å². The average Bonchev–Trinajstić information content (AvgIpc) is 3.32. The largest absolute Gasteiger partial charge is 0.478 e. The van der Waals surface area contributed by atoms with Gasteiger partial charge in [0.05, 0.1) is 11.1 Å². The Morgan fingerprint density at radius 2 is 2.00 bits per heavy atom. The quantitative estimate of drug-likeness (QED) is 0.545. The second kappa shape index (κ2) is 7.09. The molecule has 0 atom stereocenters. The van der Waals surface area contributed by atoms with Crippen LogP contribution in [0.1, 0.15) is 26.4 Å². The standard InChI is InChI=1S/C22H16ClNO3S/c23-15-5-3-14(4-6-15)10-20-21(25)17-7-8-19-18(22(17)27-20)12-24(13-26-19)11-16-2-1-9-28-16/h1-10H,11-13H2/b20-10-. The van der Waals surface area contributed by atoms with Gasteiger partial charge in [-0.05, 0) is 47.4 Å². The lowest BCUT2D eigenvalue weighted by atomic mass is 10.0. The molecule has 0 unspecified atom stereocenters. The molecule has 0 saturated heterocycles. The van der Waals surface area contributed by atoms with E-state index in [1.165, 1.54) is 4.88 Å². The summed E-state index contributed by atoms with van der Waals surface area (Å²) in [6.07, 6.45) is 1.75. The molecule has 2 aromatic carbocycles. The van der Waals surface area contributed by atoms with Crippen LogP contribution >= 0.6 is 22.9 Å². The Morgan fingerprint density at radius 1 is 1.14 bits per heavy atom. The molecule has 28 heavy (non-hydrogen) atoms. The molecular formula is C22H16ClNO3S. The van der Waals surface area contributed by atoms with E-state index in [-0.39, 0.29) is 5.78 Å². The molecule has 0 saturated carbocycles. The molecule has 4 nitrogen and oxygen atoms in total. The van der Waals surface area contributed by atoms with Crippen molar-refractivity contribution in [3.8, 4) is 11.5 Å². The third-order valence-corrected chi connectivity index (χ3v) is 5.92. The average molecular weight is 410 g/mol. The van der Waals surface area contributed by atoms with Crippen LogP contribution in [0.2, 0.25) is 5.02 Å². The highest BCUT2D eigenvalue weighted by atomic mass is 35.5. The fourth-order valence-electron chi connectivity index (χ4n) is 3.44. The lowest BCUT2D eigenvalue weighted by molar-refractivity contribution is 0.0882. The maximum Gasteiger partial charge on any atom is 0.231 e. The Labute approximate surface area is 171 Å². The summed E-state index contributed by atoms with van der Waals surface area (Å²) in [5, 5.41) is 2.72. The van der Waals surface area contributed by atoms with Gasteiger partial charge in [-0.15, -0.1) is 11.3 Å². The van der Waals surface area contributed by atoms with Gasteiger partial charge in [0, 0.05) is 23.0 Å². The molecule has 0 spiro atoms. The molecule has 0 fully saturated rings. The topological polar surface area (TPSA) is 38.8 Å². The number of ketones is 1. The van der Waals surface area contributed by atoms with Crippen molar-refractivity contribution in [1.29, 1.82) is 0 Å². The normalized spacial score (nSPS) is 17.2. The van der Waals surface area contributed by atoms with Gasteiger partial charge in [0.1, 0.15) is 18.2 Å². The number of hydrogen-bond donors (Lipinski definition) is 0. The number of rotatable bonds is 3. The fourth-order valence-corrected chi connectivity index (χ4v) is 4.31. The van der Waals surface area contributed by atoms with E-state index in [1.807, 2.05) is 24.3 Å². The highest BCUT2D eigenvalue weighted by molar-refractivity contribution is 7.09. The number of hydrogen-bond acceptors (Lipinski definition) is 5. The number of carbonyl (C=O) groups excluding carboxylic acids is 1. The first kappa shape index (κ1) is 17.5. The van der Waals surface area contributed by atoms with Crippen molar-refractivity contribution in [3.05, 3.63) is 86.3 Å². The van der Waals surface area contributed by atoms with Crippen molar-refractivity contribution >= 4 is 34.8 Å². The molecule has 0 radical (unpaired) electrons. The summed E-state index contributed by atoms with van der Waals surface area (Å²) in [4.78, 5) is 16.3. The van der Waals surface area contributed by atoms with Crippen molar-refractivity contribution in [3.63, 3.8) is 0 Å². The van der Waals surface area contributed by atoms with Crippen molar-refractivity contribution in [2.75, 3.05) is 6.73 Å². The molecule has 2 aliphatic heterocycles. The molecule has 6 heteroatoms. The zero-order valence-electron chi connectivity index (χ0n) is 14.9. The van der Waals surface area contributed by atoms with Gasteiger partial charge >= 0.3 is 0 Å². The second-order valence-electron chi connectivity index (χ2n) is 6.75. The number of carbonyl (C=O) groups is 1. The van der Waals surface area contributed by atoms with Gasteiger partial charge in [0.25, 0.3) is 0 Å². The lowest BCUT2D eigenvalue weighted by Crippen LogP contribution is -2.31. The number of fused-ring (bicyclic) bond motifs is 3. The predicted molar refractivity (Wildman–Crippen MR) is 110 cm³/mol. The number of thiophene rings is 1. The molecule has 1 aromatic heterocycles. The van der Waals surface area contributed by atoms with Gasteiger partial charge in [0.2, 0.25) is 5.78 Å². The number of Topliss-reactive ketones (excluding diaryl/α,β-unsaturated/α-hetero) is 1. The van der Waals surface area contributed by atoms with Gasteiger partial charge in [-0.1, -0.05) is 29.8 Å². The van der Waals surface area contributed by atoms with Crippen molar-refractivity contribution < 1.29 is 14.3 Å². The van der Waals surface area contributed by atoms with Gasteiger partial charge < -0.3 is 9.47 Å². The third kappa shape index (κ3) is 3.22. The van der Waals surface area contributed by atoms with Crippen LogP contribution in [0, 0.1) is 0 Å². The number of benzene rings is 2. The van der Waals surface area contributed by atoms with Crippen molar-refractivity contribution in [1.82, 2.24) is 4.90 Å². The first-order valence-corrected chi connectivity index (χ1v) is 10.2. The van der Waals surface area contributed by atoms with E-state index in [9.17, 15) is 4.79 Å². The third-order valence-electron chi connectivity index (χ3n) is 4.81. The summed E-state index contributed by atoms with van der Waals surface area (Å²) in [5.41, 5.74) is 2.37. The zero-order valence-corrected chi connectivity index (χ0v) is 16.4. The molecule has 3 aromatic rings. The van der Waals surface area contributed by atoms with Crippen LogP contribution in [-0.2, 0) is 13.1 Å². The summed E-state index contributed by atoms with van der Waals surface area (Å²) >= 11 is 7.66. The minimum absolute atomic E-state index is 0.108. The predicted octanol–water partition coefficient (Wildman–Crippen LogP) is 5.37. The van der Waals surface area contributed by atoms with E-state index in [0.717, 1.165) is 23.4 Å². The minimum atomic E-state index is -0.108. The Morgan fingerprint density at radius 3 is 2.79 bits per heavy atom. The highest BCUT2D eigenvalue weighted by Crippen LogP contribution is 2.42. The molecule has 2 aliphatic rings. The summed E-state index contributed by atoms with van der Waals surface area (Å²) < 4.78 is 11.9. The fraction of sp³-hybridized carbons (Fsp3) is 0.136. The smallest absolute Gasteiger partial charge is 0.231 e. The first-order valence-electron chi connectivity index (χ1n) is 8.90. The summed E-state index contributed by atoms with van der Waals surface area (Å²) in [6, 6.07) is 15.1. The van der Waals surface area contributed by atoms with Crippen LogP contribution in [0.4, 0.5) is 0 Å². The summed E-state index contributed by atoms with van der Waals surface area (Å²) in [5.74, 6) is 1.60. The molecule has 5 rings (SSSR count). The minimum Gasteiger partial charge on any atom is -0.478 e. The van der Waals surface area contributed by atoms with Gasteiger partial charge in [0.15, 0.2) is 5.76 Å². The SMILES string of the molecule is O=C1/C(=C/c2ccc(Cl)cc2)Oc2c1ccc1c2CN(Cc2cccs2)CO1. The lowest BCUT2D eigenvalue weighted by Gasteiger charge is -2.29. The Bertz CT molecular complexity index is 1070. The molecule has 0 N–H and O–H groups in total. The Kier molecular flexibility index (Phi) is 4.43. The van der Waals surface area contributed by atoms with Crippen molar-refractivity contribution in [2.24, 2.45) is 0 Å². The number of nitrogens with zero attached hydrogens (tertiary/aromatic N) is 1. The number of allylic oxidation sites excluding steroid dienone is 1. The van der Waals surface area contributed by atoms with E-state index in [1.54, 1.807) is 35.6 Å². The van der Waals surface area contributed by atoms with E-state index in [2.05, 4.69) is 16.3 Å². The zero-order chi connectivity index (χ0) is 19.1. The Hall–Kier alpha value is -2.60. The second-order valence-corrected chi connectivity index (χ2v) is 8.22. The van der Waals surface area contributed by atoms with Crippen LogP contribution < -0.4 is 9.47 Å². The van der Waals surface area contributed by atoms with Gasteiger partial charge in [-0.2, -0.15) is 0 Å². The van der Waals surface area contributed by atoms with Crippen LogP contribution in [0.5, 0.6) is 11.5 Å². The van der Waals surface area contributed by atoms with E-state index < -0.39 is 0 Å². The van der Waals surface area contributed by atoms with Crippen molar-refractivity contribution in [2.45, 2.75) is 13.1 Å². The summed E-state index contributed by atoms with van der Waals surface area (Å²) in [7, 11) is 0. The molecular weight excluding hydrogens is 394 g/mol. The molecule has 140 valence electrons. The number of ether oxygens (including phenoxy) is 2. The highest BCUT2D eigenvalue weighted by Gasteiger charge is 2.33. The molecule has 0 bridgehead atoms. The maximum absolute atomic E-state index is 12.8. The van der Waals surface area contributed by atoms with Gasteiger partial charge in [-0.3, -0.25) is 9.69 Å². The van der Waals surface area contributed by atoms with Crippen LogP contribution in [0.15, 0.2) is 59.7 Å². The van der Waals surface area contributed by atoms with Crippen LogP contribution in [0.25, 0.3) is 6.08 Å². The number of halogens is 1. The molecule has 3 heterocycles. The van der Waals surface area contributed by atoms with E-state index in [0.29, 0.717) is 35.4 Å². The first-order chi connectivity index (χ1) is 13.7. The van der Waals surface area contributed by atoms with Crippen LogP contribution in [-0.4, -0.2) is 17.4 Å². The van der Waals surface area contributed by atoms with Gasteiger partial charge in [-0.25, -0.2) is 0 Å². The van der Waals surface area contributed by atoms with E-state index in [4.69, 9.17) is 21.1 Å². The maximum atomic E-state index is 12.8.